The number of carbonyl (C=O) groups excluding carboxylic acids is 1. The van der Waals surface area contributed by atoms with Gasteiger partial charge in [0, 0.05) is 13.1 Å². The number of amides is 1. The summed E-state index contributed by atoms with van der Waals surface area (Å²) in [5, 5.41) is 8.93. The number of benzene rings is 1. The third-order valence-electron chi connectivity index (χ3n) is 2.89. The second-order valence-electron chi connectivity index (χ2n) is 4.18. The summed E-state index contributed by atoms with van der Waals surface area (Å²) in [6.07, 6.45) is -0.0458. The molecule has 1 rings (SSSR count). The lowest BCUT2D eigenvalue weighted by atomic mass is 10.1. The zero-order chi connectivity index (χ0) is 14.6. The predicted octanol–water partition coefficient (Wildman–Crippen LogP) is 1.83. The summed E-state index contributed by atoms with van der Waals surface area (Å²) in [6.45, 7) is 1.64. The van der Waals surface area contributed by atoms with E-state index in [1.54, 1.807) is 6.92 Å². The Bertz CT molecular complexity index is 491. The first-order valence-corrected chi connectivity index (χ1v) is 5.79. The molecule has 0 aliphatic heterocycles. The van der Waals surface area contributed by atoms with Crippen LogP contribution in [0.4, 0.5) is 8.78 Å². The molecule has 1 aromatic rings. The Labute approximate surface area is 109 Å². The van der Waals surface area contributed by atoms with E-state index in [0.717, 1.165) is 11.0 Å². The topological polar surface area (TPSA) is 57.6 Å². The van der Waals surface area contributed by atoms with E-state index in [9.17, 15) is 18.4 Å². The van der Waals surface area contributed by atoms with Crippen LogP contribution >= 0.6 is 0 Å². The van der Waals surface area contributed by atoms with Crippen molar-refractivity contribution in [3.63, 3.8) is 0 Å². The number of aliphatic carboxylic acids is 1. The highest BCUT2D eigenvalue weighted by Crippen LogP contribution is 2.12. The molecule has 19 heavy (non-hydrogen) atoms. The first kappa shape index (κ1) is 15.1. The van der Waals surface area contributed by atoms with Crippen LogP contribution in [-0.4, -0.2) is 35.0 Å². The normalized spacial score (nSPS) is 12.0. The number of likely N-dealkylation sites (N-methyl/N-ethyl adjacent to an activating group) is 1. The van der Waals surface area contributed by atoms with Crippen molar-refractivity contribution in [2.45, 2.75) is 25.8 Å². The lowest BCUT2D eigenvalue weighted by molar-refractivity contribution is -0.148. The second-order valence-corrected chi connectivity index (χ2v) is 4.18. The summed E-state index contributed by atoms with van der Waals surface area (Å²) < 4.78 is 26.1. The van der Waals surface area contributed by atoms with E-state index in [2.05, 4.69) is 0 Å². The Balaban J connectivity index is 2.81. The number of nitrogens with zero attached hydrogens (tertiary/aromatic N) is 1. The Kier molecular flexibility index (Phi) is 4.97. The summed E-state index contributed by atoms with van der Waals surface area (Å²) in [4.78, 5) is 23.8. The maximum absolute atomic E-state index is 13.4. The molecule has 1 unspecified atom stereocenters. The Morgan fingerprint density at radius 3 is 2.47 bits per heavy atom. The fraction of sp³-hybridized carbons (Fsp3) is 0.385. The number of halogens is 2. The molecule has 1 aromatic carbocycles. The molecule has 0 bridgehead atoms. The predicted molar refractivity (Wildman–Crippen MR) is 64.5 cm³/mol. The summed E-state index contributed by atoms with van der Waals surface area (Å²) >= 11 is 0. The minimum absolute atomic E-state index is 0.0403. The molecule has 0 spiro atoms. The molecule has 0 aliphatic rings. The fourth-order valence-corrected chi connectivity index (χ4v) is 1.74. The minimum atomic E-state index is -1.11. The van der Waals surface area contributed by atoms with Crippen molar-refractivity contribution in [3.8, 4) is 0 Å². The van der Waals surface area contributed by atoms with Gasteiger partial charge < -0.3 is 10.0 Å². The summed E-state index contributed by atoms with van der Waals surface area (Å²) in [5.41, 5.74) is 0.0403. The van der Waals surface area contributed by atoms with Gasteiger partial charge in [0.2, 0.25) is 5.91 Å². The monoisotopic (exact) mass is 271 g/mol. The molecule has 0 aliphatic carbocycles. The fourth-order valence-electron chi connectivity index (χ4n) is 1.74. The lowest BCUT2D eigenvalue weighted by Gasteiger charge is -2.23. The molecule has 0 radical (unpaired) electrons. The highest BCUT2D eigenvalue weighted by molar-refractivity contribution is 5.84. The van der Waals surface area contributed by atoms with E-state index >= 15 is 0 Å². The molecule has 1 amide bonds. The van der Waals surface area contributed by atoms with Crippen LogP contribution in [0.3, 0.4) is 0 Å². The van der Waals surface area contributed by atoms with E-state index in [-0.39, 0.29) is 18.4 Å². The number of carbonyl (C=O) groups is 2. The van der Waals surface area contributed by atoms with Crippen LogP contribution in [0.2, 0.25) is 0 Å². The summed E-state index contributed by atoms with van der Waals surface area (Å²) in [5.74, 6) is -3.18. The van der Waals surface area contributed by atoms with Crippen LogP contribution in [-0.2, 0) is 16.0 Å². The van der Waals surface area contributed by atoms with E-state index < -0.39 is 29.6 Å². The Morgan fingerprint density at radius 2 is 2.00 bits per heavy atom. The molecule has 0 fully saturated rings. The quantitative estimate of drug-likeness (QED) is 0.888. The molecule has 1 N–H and O–H groups in total. The molecule has 4 nitrogen and oxygen atoms in total. The number of rotatable bonds is 5. The zero-order valence-electron chi connectivity index (χ0n) is 10.7. The third kappa shape index (κ3) is 3.74. The average molecular weight is 271 g/mol. The van der Waals surface area contributed by atoms with Crippen molar-refractivity contribution >= 4 is 11.9 Å². The Hall–Kier alpha value is -1.98. The summed E-state index contributed by atoms with van der Waals surface area (Å²) in [7, 11) is 1.35. The smallest absolute Gasteiger partial charge is 0.326 e. The van der Waals surface area contributed by atoms with Crippen molar-refractivity contribution < 1.29 is 23.5 Å². The highest BCUT2D eigenvalue weighted by Gasteiger charge is 2.25. The van der Waals surface area contributed by atoms with Crippen LogP contribution in [0.1, 0.15) is 18.9 Å². The molecule has 6 heteroatoms. The minimum Gasteiger partial charge on any atom is -0.480 e. The van der Waals surface area contributed by atoms with E-state index in [0.29, 0.717) is 6.07 Å². The van der Waals surface area contributed by atoms with Gasteiger partial charge in [0.25, 0.3) is 0 Å². The Morgan fingerprint density at radius 1 is 1.37 bits per heavy atom. The van der Waals surface area contributed by atoms with Crippen LogP contribution in [0.25, 0.3) is 0 Å². The molecular weight excluding hydrogens is 256 g/mol. The largest absolute Gasteiger partial charge is 0.480 e. The van der Waals surface area contributed by atoms with Crippen LogP contribution in [0, 0.1) is 11.6 Å². The standard InChI is InChI=1S/C13H15F2NO3/c1-3-11(13(18)19)16(2)12(17)6-8-4-5-9(14)7-10(8)15/h4-5,7,11H,3,6H2,1-2H3,(H,18,19). The molecule has 104 valence electrons. The van der Waals surface area contributed by atoms with Gasteiger partial charge in [-0.25, -0.2) is 13.6 Å². The van der Waals surface area contributed by atoms with Gasteiger partial charge in [-0.05, 0) is 18.1 Å². The number of carboxylic acids is 1. The molecule has 0 heterocycles. The highest BCUT2D eigenvalue weighted by atomic mass is 19.1. The number of hydrogen-bond acceptors (Lipinski definition) is 2. The van der Waals surface area contributed by atoms with Crippen LogP contribution in [0.15, 0.2) is 18.2 Å². The van der Waals surface area contributed by atoms with Gasteiger partial charge in [-0.1, -0.05) is 13.0 Å². The van der Waals surface area contributed by atoms with Gasteiger partial charge in [-0.15, -0.1) is 0 Å². The van der Waals surface area contributed by atoms with Crippen LogP contribution < -0.4 is 0 Å². The van der Waals surface area contributed by atoms with Crippen molar-refractivity contribution in [2.75, 3.05) is 7.05 Å². The van der Waals surface area contributed by atoms with Crippen molar-refractivity contribution in [1.82, 2.24) is 4.90 Å². The maximum atomic E-state index is 13.4. The lowest BCUT2D eigenvalue weighted by Crippen LogP contribution is -2.42. The third-order valence-corrected chi connectivity index (χ3v) is 2.89. The number of hydrogen-bond donors (Lipinski definition) is 1. The van der Waals surface area contributed by atoms with E-state index in [4.69, 9.17) is 5.11 Å². The SMILES string of the molecule is CCC(C(=O)O)N(C)C(=O)Cc1ccc(F)cc1F. The average Bonchev–Trinajstić information content (AvgIpc) is 2.32. The van der Waals surface area contributed by atoms with Gasteiger partial charge in [-0.2, -0.15) is 0 Å². The van der Waals surface area contributed by atoms with Gasteiger partial charge in [0.1, 0.15) is 17.7 Å². The molecule has 0 saturated carbocycles. The van der Waals surface area contributed by atoms with E-state index in [1.807, 2.05) is 0 Å². The van der Waals surface area contributed by atoms with Gasteiger partial charge >= 0.3 is 5.97 Å². The zero-order valence-corrected chi connectivity index (χ0v) is 10.7. The van der Waals surface area contributed by atoms with Crippen molar-refractivity contribution in [2.24, 2.45) is 0 Å². The van der Waals surface area contributed by atoms with E-state index in [1.165, 1.54) is 13.1 Å². The first-order valence-electron chi connectivity index (χ1n) is 5.79. The molecule has 0 saturated heterocycles. The van der Waals surface area contributed by atoms with Gasteiger partial charge in [0.15, 0.2) is 0 Å². The second kappa shape index (κ2) is 6.26. The maximum Gasteiger partial charge on any atom is 0.326 e. The van der Waals surface area contributed by atoms with Gasteiger partial charge in [0.05, 0.1) is 6.42 Å². The number of carboxylic acid groups (broad SMARTS) is 1. The van der Waals surface area contributed by atoms with Gasteiger partial charge in [-0.3, -0.25) is 4.79 Å². The molecular formula is C13H15F2NO3. The summed E-state index contributed by atoms with van der Waals surface area (Å²) in [6, 6.07) is 1.98. The molecule has 0 aromatic heterocycles. The van der Waals surface area contributed by atoms with Crippen molar-refractivity contribution in [1.29, 1.82) is 0 Å². The molecule has 1 atom stereocenters. The van der Waals surface area contributed by atoms with Crippen molar-refractivity contribution in [3.05, 3.63) is 35.4 Å². The first-order chi connectivity index (χ1) is 8.86. The van der Waals surface area contributed by atoms with Crippen LogP contribution in [0.5, 0.6) is 0 Å².